The van der Waals surface area contributed by atoms with Crippen LogP contribution >= 0.6 is 11.6 Å². The number of hydrogen-bond donors (Lipinski definition) is 1. The first-order chi connectivity index (χ1) is 13.4. The third kappa shape index (κ3) is 4.08. The van der Waals surface area contributed by atoms with E-state index in [2.05, 4.69) is 4.98 Å². The summed E-state index contributed by atoms with van der Waals surface area (Å²) in [5.41, 5.74) is 1.19. The van der Waals surface area contributed by atoms with Crippen molar-refractivity contribution >= 4 is 29.1 Å². The fraction of sp³-hybridized carbons (Fsp3) is 0.286. The van der Waals surface area contributed by atoms with Gasteiger partial charge in [-0.3, -0.25) is 14.6 Å². The van der Waals surface area contributed by atoms with Gasteiger partial charge in [0.25, 0.3) is 11.7 Å². The number of carbonyl (C=O) groups excluding carboxylic acids is 2. The predicted octanol–water partition coefficient (Wildman–Crippen LogP) is 3.11. The number of hydrogen-bond acceptors (Lipinski definition) is 5. The smallest absolute Gasteiger partial charge is 0.295 e. The van der Waals surface area contributed by atoms with Crippen molar-refractivity contribution in [2.75, 3.05) is 27.2 Å². The number of ketones is 1. The summed E-state index contributed by atoms with van der Waals surface area (Å²) < 4.78 is 0. The number of carbonyl (C=O) groups is 2. The van der Waals surface area contributed by atoms with Crippen LogP contribution < -0.4 is 0 Å². The van der Waals surface area contributed by atoms with Gasteiger partial charge in [0.1, 0.15) is 5.76 Å². The highest BCUT2D eigenvalue weighted by Gasteiger charge is 2.45. The number of aliphatic hydroxyl groups is 1. The van der Waals surface area contributed by atoms with Crippen molar-refractivity contribution in [1.82, 2.24) is 14.8 Å². The van der Waals surface area contributed by atoms with Crippen LogP contribution in [0.3, 0.4) is 0 Å². The lowest BCUT2D eigenvalue weighted by atomic mass is 9.96. The molecule has 146 valence electrons. The highest BCUT2D eigenvalue weighted by atomic mass is 35.5. The van der Waals surface area contributed by atoms with E-state index in [1.165, 1.54) is 4.90 Å². The molecule has 3 rings (SSSR count). The van der Waals surface area contributed by atoms with E-state index in [1.807, 2.05) is 19.0 Å². The molecule has 0 spiro atoms. The SMILES string of the molecule is CN(C)CCCN1C(=O)C(=O)C(=C(O)c2ccc(Cl)cc2)[C@@H]1c1cccnc1. The number of halogens is 1. The van der Waals surface area contributed by atoms with Crippen LogP contribution in [-0.4, -0.2) is 58.8 Å². The second kappa shape index (κ2) is 8.54. The summed E-state index contributed by atoms with van der Waals surface area (Å²) in [5, 5.41) is 11.4. The van der Waals surface area contributed by atoms with E-state index >= 15 is 0 Å². The van der Waals surface area contributed by atoms with Crippen LogP contribution in [0, 0.1) is 0 Å². The number of benzene rings is 1. The van der Waals surface area contributed by atoms with Gasteiger partial charge in [0.05, 0.1) is 11.6 Å². The Hall–Kier alpha value is -2.70. The molecule has 2 aromatic rings. The van der Waals surface area contributed by atoms with E-state index < -0.39 is 17.7 Å². The van der Waals surface area contributed by atoms with E-state index in [4.69, 9.17) is 11.6 Å². The molecule has 1 aliphatic heterocycles. The maximum atomic E-state index is 12.8. The van der Waals surface area contributed by atoms with Gasteiger partial charge < -0.3 is 14.9 Å². The van der Waals surface area contributed by atoms with Gasteiger partial charge >= 0.3 is 0 Å². The van der Waals surface area contributed by atoms with Crippen LogP contribution in [0.4, 0.5) is 0 Å². The topological polar surface area (TPSA) is 73.7 Å². The fourth-order valence-electron chi connectivity index (χ4n) is 3.32. The zero-order chi connectivity index (χ0) is 20.3. The van der Waals surface area contributed by atoms with Crippen LogP contribution in [0.1, 0.15) is 23.6 Å². The Balaban J connectivity index is 2.06. The summed E-state index contributed by atoms with van der Waals surface area (Å²) in [6.07, 6.45) is 3.95. The molecule has 1 aromatic heterocycles. The molecule has 1 aromatic carbocycles. The van der Waals surface area contributed by atoms with E-state index in [9.17, 15) is 14.7 Å². The molecule has 1 amide bonds. The van der Waals surface area contributed by atoms with Crippen molar-refractivity contribution in [3.05, 3.63) is 70.5 Å². The Morgan fingerprint density at radius 1 is 1.21 bits per heavy atom. The number of pyridine rings is 1. The molecule has 7 heteroatoms. The molecule has 1 aliphatic rings. The van der Waals surface area contributed by atoms with Gasteiger partial charge in [-0.15, -0.1) is 0 Å². The van der Waals surface area contributed by atoms with E-state index in [0.29, 0.717) is 29.1 Å². The van der Waals surface area contributed by atoms with E-state index in [0.717, 1.165) is 6.54 Å². The number of aromatic nitrogens is 1. The average Bonchev–Trinajstić information content (AvgIpc) is 2.93. The highest BCUT2D eigenvalue weighted by molar-refractivity contribution is 6.46. The molecule has 6 nitrogen and oxygen atoms in total. The van der Waals surface area contributed by atoms with Gasteiger partial charge in [-0.1, -0.05) is 17.7 Å². The Kier molecular flexibility index (Phi) is 6.11. The third-order valence-electron chi connectivity index (χ3n) is 4.66. The first-order valence-corrected chi connectivity index (χ1v) is 9.37. The molecule has 1 saturated heterocycles. The third-order valence-corrected chi connectivity index (χ3v) is 4.91. The summed E-state index contributed by atoms with van der Waals surface area (Å²) in [6, 6.07) is 9.38. The molecule has 0 radical (unpaired) electrons. The number of rotatable bonds is 6. The maximum absolute atomic E-state index is 12.8. The second-order valence-electron chi connectivity index (χ2n) is 6.94. The van der Waals surface area contributed by atoms with Crippen molar-refractivity contribution in [3.8, 4) is 0 Å². The lowest BCUT2D eigenvalue weighted by Crippen LogP contribution is -2.32. The zero-order valence-corrected chi connectivity index (χ0v) is 16.6. The second-order valence-corrected chi connectivity index (χ2v) is 7.38. The Morgan fingerprint density at radius 3 is 2.54 bits per heavy atom. The molecule has 0 saturated carbocycles. The van der Waals surface area contributed by atoms with Gasteiger partial charge in [0.15, 0.2) is 0 Å². The summed E-state index contributed by atoms with van der Waals surface area (Å²) in [7, 11) is 3.90. The van der Waals surface area contributed by atoms with Crippen molar-refractivity contribution < 1.29 is 14.7 Å². The normalized spacial score (nSPS) is 18.9. The van der Waals surface area contributed by atoms with Gasteiger partial charge in [0.2, 0.25) is 0 Å². The minimum absolute atomic E-state index is 0.0742. The lowest BCUT2D eigenvalue weighted by molar-refractivity contribution is -0.139. The van der Waals surface area contributed by atoms with Gasteiger partial charge in [-0.05, 0) is 63.0 Å². The quantitative estimate of drug-likeness (QED) is 0.459. The minimum atomic E-state index is -0.689. The molecule has 1 atom stereocenters. The van der Waals surface area contributed by atoms with Crippen molar-refractivity contribution in [3.63, 3.8) is 0 Å². The molecular weight excluding hydrogens is 378 g/mol. The van der Waals surface area contributed by atoms with Crippen LogP contribution in [0.15, 0.2) is 54.4 Å². The Morgan fingerprint density at radius 2 is 1.93 bits per heavy atom. The van der Waals surface area contributed by atoms with Crippen LogP contribution in [0.25, 0.3) is 5.76 Å². The Bertz CT molecular complexity index is 895. The molecule has 0 unspecified atom stereocenters. The monoisotopic (exact) mass is 399 g/mol. The first-order valence-electron chi connectivity index (χ1n) is 8.99. The van der Waals surface area contributed by atoms with E-state index in [-0.39, 0.29) is 11.3 Å². The van der Waals surface area contributed by atoms with Gasteiger partial charge in [-0.2, -0.15) is 0 Å². The molecule has 2 heterocycles. The standard InChI is InChI=1S/C21H22ClN3O3/c1-24(2)11-4-12-25-18(15-5-3-10-23-13-15)17(20(27)21(25)28)19(26)14-6-8-16(22)9-7-14/h3,5-10,13,18,26H,4,11-12H2,1-2H3/t18-/m0/s1. The summed E-state index contributed by atoms with van der Waals surface area (Å²) in [6.45, 7) is 1.18. The number of aliphatic hydroxyl groups excluding tert-OH is 1. The summed E-state index contributed by atoms with van der Waals surface area (Å²) in [4.78, 5) is 33.2. The number of likely N-dealkylation sites (tertiary alicyclic amines) is 1. The zero-order valence-electron chi connectivity index (χ0n) is 15.8. The number of nitrogens with zero attached hydrogens (tertiary/aromatic N) is 3. The van der Waals surface area contributed by atoms with Crippen LogP contribution in [-0.2, 0) is 9.59 Å². The van der Waals surface area contributed by atoms with Crippen LogP contribution in [0.2, 0.25) is 5.02 Å². The fourth-order valence-corrected chi connectivity index (χ4v) is 3.44. The maximum Gasteiger partial charge on any atom is 0.295 e. The average molecular weight is 400 g/mol. The number of amides is 1. The van der Waals surface area contributed by atoms with E-state index in [1.54, 1.807) is 48.8 Å². The molecule has 1 N–H and O–H groups in total. The van der Waals surface area contributed by atoms with Crippen molar-refractivity contribution in [2.24, 2.45) is 0 Å². The minimum Gasteiger partial charge on any atom is -0.507 e. The van der Waals surface area contributed by atoms with Crippen molar-refractivity contribution in [2.45, 2.75) is 12.5 Å². The van der Waals surface area contributed by atoms with Gasteiger partial charge in [0, 0.05) is 29.5 Å². The molecule has 0 aliphatic carbocycles. The lowest BCUT2D eigenvalue weighted by Gasteiger charge is -2.25. The predicted molar refractivity (Wildman–Crippen MR) is 108 cm³/mol. The largest absolute Gasteiger partial charge is 0.507 e. The van der Waals surface area contributed by atoms with Gasteiger partial charge in [-0.25, -0.2) is 0 Å². The van der Waals surface area contributed by atoms with Crippen molar-refractivity contribution in [1.29, 1.82) is 0 Å². The van der Waals surface area contributed by atoms with Crippen LogP contribution in [0.5, 0.6) is 0 Å². The molecule has 0 bridgehead atoms. The molecule has 28 heavy (non-hydrogen) atoms. The molecular formula is C21H22ClN3O3. The first kappa shape index (κ1) is 20.0. The molecule has 1 fully saturated rings. The number of Topliss-reactive ketones (excluding diaryl/α,β-unsaturated/α-hetero) is 1. The summed E-state index contributed by atoms with van der Waals surface area (Å²) in [5.74, 6) is -1.51. The summed E-state index contributed by atoms with van der Waals surface area (Å²) >= 11 is 5.92. The highest BCUT2D eigenvalue weighted by Crippen LogP contribution is 2.39. The Labute approximate surface area is 169 Å².